The molecule has 0 bridgehead atoms. The Labute approximate surface area is 176 Å². The van der Waals surface area contributed by atoms with E-state index in [4.69, 9.17) is 9.47 Å². The Morgan fingerprint density at radius 3 is 2.31 bits per heavy atom. The summed E-state index contributed by atoms with van der Waals surface area (Å²) in [5.74, 6) is 1.29. The van der Waals surface area contributed by atoms with E-state index in [0.717, 1.165) is 77.4 Å². The maximum Gasteiger partial charge on any atom is 0.225 e. The largest absolute Gasteiger partial charge is 0.381 e. The summed E-state index contributed by atoms with van der Waals surface area (Å²) >= 11 is 0. The lowest BCUT2D eigenvalue weighted by atomic mass is 9.81. The Kier molecular flexibility index (Phi) is 7.15. The van der Waals surface area contributed by atoms with Gasteiger partial charge in [-0.15, -0.1) is 0 Å². The summed E-state index contributed by atoms with van der Waals surface area (Å²) in [7, 11) is 0. The Morgan fingerprint density at radius 1 is 0.966 bits per heavy atom. The van der Waals surface area contributed by atoms with Crippen molar-refractivity contribution in [1.82, 2.24) is 14.7 Å². The zero-order valence-corrected chi connectivity index (χ0v) is 18.6. The molecule has 4 saturated heterocycles. The van der Waals surface area contributed by atoms with Crippen LogP contribution in [0.2, 0.25) is 0 Å². The summed E-state index contributed by atoms with van der Waals surface area (Å²) in [4.78, 5) is 20.3. The van der Waals surface area contributed by atoms with Crippen LogP contribution in [-0.2, 0) is 14.3 Å². The highest BCUT2D eigenvalue weighted by molar-refractivity contribution is 5.79. The molecule has 0 aromatic rings. The van der Waals surface area contributed by atoms with Gasteiger partial charge in [-0.1, -0.05) is 13.8 Å². The van der Waals surface area contributed by atoms with Gasteiger partial charge in [0.15, 0.2) is 0 Å². The van der Waals surface area contributed by atoms with Crippen molar-refractivity contribution >= 4 is 5.91 Å². The number of likely N-dealkylation sites (tertiary alicyclic amines) is 1. The van der Waals surface area contributed by atoms with Gasteiger partial charge in [0.1, 0.15) is 0 Å². The Bertz CT molecular complexity index is 533. The number of carbonyl (C=O) groups excluding carboxylic acids is 1. The fourth-order valence-electron chi connectivity index (χ4n) is 5.83. The lowest BCUT2D eigenvalue weighted by Gasteiger charge is -2.50. The summed E-state index contributed by atoms with van der Waals surface area (Å²) in [6, 6.07) is 0.655. The number of piperidine rings is 1. The molecular weight excluding hydrogens is 366 g/mol. The molecule has 6 heteroatoms. The molecule has 4 aliphatic heterocycles. The summed E-state index contributed by atoms with van der Waals surface area (Å²) in [6.07, 6.45) is 6.11. The Morgan fingerprint density at radius 2 is 1.66 bits per heavy atom. The highest BCUT2D eigenvalue weighted by Crippen LogP contribution is 2.37. The number of nitrogens with zero attached hydrogens (tertiary/aromatic N) is 3. The van der Waals surface area contributed by atoms with Gasteiger partial charge in [0, 0.05) is 77.6 Å². The van der Waals surface area contributed by atoms with E-state index in [-0.39, 0.29) is 11.5 Å². The van der Waals surface area contributed by atoms with Gasteiger partial charge in [0.25, 0.3) is 0 Å². The highest BCUT2D eigenvalue weighted by atomic mass is 16.5. The van der Waals surface area contributed by atoms with E-state index in [1.165, 1.54) is 32.7 Å². The third-order valence-electron chi connectivity index (χ3n) is 7.57. The second-order valence-electron chi connectivity index (χ2n) is 10.1. The van der Waals surface area contributed by atoms with Gasteiger partial charge in [-0.25, -0.2) is 0 Å². The van der Waals surface area contributed by atoms with Crippen LogP contribution in [0.5, 0.6) is 0 Å². The van der Waals surface area contributed by atoms with Gasteiger partial charge in [-0.2, -0.15) is 0 Å². The second kappa shape index (κ2) is 9.63. The molecular formula is C23H41N3O3. The number of hydrogen-bond donors (Lipinski definition) is 0. The van der Waals surface area contributed by atoms with Gasteiger partial charge >= 0.3 is 0 Å². The van der Waals surface area contributed by atoms with Gasteiger partial charge < -0.3 is 19.3 Å². The highest BCUT2D eigenvalue weighted by Gasteiger charge is 2.43. The summed E-state index contributed by atoms with van der Waals surface area (Å²) in [5, 5.41) is 0. The third-order valence-corrected chi connectivity index (χ3v) is 7.57. The molecule has 0 saturated carbocycles. The first kappa shape index (κ1) is 21.5. The van der Waals surface area contributed by atoms with E-state index in [2.05, 4.69) is 28.5 Å². The van der Waals surface area contributed by atoms with E-state index in [9.17, 15) is 4.79 Å². The summed E-state index contributed by atoms with van der Waals surface area (Å²) in [6.45, 7) is 14.7. The van der Waals surface area contributed by atoms with Crippen LogP contribution in [0.25, 0.3) is 0 Å². The predicted molar refractivity (Wildman–Crippen MR) is 114 cm³/mol. The predicted octanol–water partition coefficient (Wildman–Crippen LogP) is 2.23. The van der Waals surface area contributed by atoms with Crippen molar-refractivity contribution in [1.29, 1.82) is 0 Å². The van der Waals surface area contributed by atoms with Crippen molar-refractivity contribution in [3.8, 4) is 0 Å². The smallest absolute Gasteiger partial charge is 0.225 e. The van der Waals surface area contributed by atoms with Crippen LogP contribution in [0.1, 0.15) is 52.4 Å². The normalized spacial score (nSPS) is 30.2. The van der Waals surface area contributed by atoms with Crippen LogP contribution in [0.15, 0.2) is 0 Å². The molecule has 0 aliphatic carbocycles. The van der Waals surface area contributed by atoms with E-state index in [0.29, 0.717) is 11.9 Å². The molecule has 6 nitrogen and oxygen atoms in total. The number of ether oxygens (including phenoxy) is 2. The average molecular weight is 408 g/mol. The quantitative estimate of drug-likeness (QED) is 0.715. The molecule has 1 amide bonds. The molecule has 0 aromatic heterocycles. The van der Waals surface area contributed by atoms with E-state index in [1.807, 2.05) is 0 Å². The standard InChI is InChI=1S/C23H41N3O3/c1-19(2)18-24-10-12-25(13-11-24)21-5-16-29-23(17-21)6-8-26(9-7-23)22(27)20-3-14-28-15-4-20/h19-21H,3-18H2,1-2H3/t21-/m0/s1. The lowest BCUT2D eigenvalue weighted by molar-refractivity contribution is -0.155. The maximum atomic E-state index is 12.9. The SMILES string of the molecule is CC(C)CN1CCN([C@H]2CCOC3(CCN(C(=O)C4CCOCC4)CC3)C2)CC1. The molecule has 166 valence electrons. The first-order valence-corrected chi connectivity index (χ1v) is 12.0. The molecule has 29 heavy (non-hydrogen) atoms. The zero-order valence-electron chi connectivity index (χ0n) is 18.6. The molecule has 0 aromatic carbocycles. The van der Waals surface area contributed by atoms with Gasteiger partial charge in [-0.05, 0) is 44.4 Å². The van der Waals surface area contributed by atoms with Crippen LogP contribution < -0.4 is 0 Å². The number of hydrogen-bond acceptors (Lipinski definition) is 5. The number of rotatable bonds is 4. The molecule has 4 aliphatic rings. The molecule has 4 heterocycles. The van der Waals surface area contributed by atoms with E-state index < -0.39 is 0 Å². The van der Waals surface area contributed by atoms with Crippen molar-refractivity contribution < 1.29 is 14.3 Å². The summed E-state index contributed by atoms with van der Waals surface area (Å²) in [5.41, 5.74) is 0.00440. The topological polar surface area (TPSA) is 45.2 Å². The third kappa shape index (κ3) is 5.33. The minimum atomic E-state index is 0.00440. The van der Waals surface area contributed by atoms with Crippen LogP contribution in [0, 0.1) is 11.8 Å². The summed E-state index contributed by atoms with van der Waals surface area (Å²) < 4.78 is 11.8. The van der Waals surface area contributed by atoms with Crippen molar-refractivity contribution in [3.63, 3.8) is 0 Å². The molecule has 4 fully saturated rings. The van der Waals surface area contributed by atoms with Crippen LogP contribution >= 0.6 is 0 Å². The molecule has 1 atom stereocenters. The van der Waals surface area contributed by atoms with Crippen molar-refractivity contribution in [3.05, 3.63) is 0 Å². The van der Waals surface area contributed by atoms with Crippen molar-refractivity contribution in [2.24, 2.45) is 11.8 Å². The molecule has 1 spiro atoms. The first-order valence-electron chi connectivity index (χ1n) is 12.0. The Balaban J connectivity index is 1.26. The van der Waals surface area contributed by atoms with Crippen molar-refractivity contribution in [2.45, 2.75) is 64.0 Å². The maximum absolute atomic E-state index is 12.9. The van der Waals surface area contributed by atoms with Crippen LogP contribution in [-0.4, -0.2) is 97.9 Å². The average Bonchev–Trinajstić information content (AvgIpc) is 2.75. The van der Waals surface area contributed by atoms with Crippen LogP contribution in [0.3, 0.4) is 0 Å². The van der Waals surface area contributed by atoms with Gasteiger partial charge in [0.05, 0.1) is 5.60 Å². The van der Waals surface area contributed by atoms with Crippen molar-refractivity contribution in [2.75, 3.05) is 65.6 Å². The van der Waals surface area contributed by atoms with Crippen LogP contribution in [0.4, 0.5) is 0 Å². The Hall–Kier alpha value is -0.690. The van der Waals surface area contributed by atoms with Gasteiger partial charge in [0.2, 0.25) is 5.91 Å². The minimum Gasteiger partial charge on any atom is -0.381 e. The zero-order chi connectivity index (χ0) is 20.3. The number of amides is 1. The van der Waals surface area contributed by atoms with Gasteiger partial charge in [-0.3, -0.25) is 9.69 Å². The second-order valence-corrected chi connectivity index (χ2v) is 10.1. The molecule has 0 radical (unpaired) electrons. The lowest BCUT2D eigenvalue weighted by Crippen LogP contribution is -2.58. The number of piperazine rings is 1. The minimum absolute atomic E-state index is 0.00440. The molecule has 4 rings (SSSR count). The molecule has 0 N–H and O–H groups in total. The fraction of sp³-hybridized carbons (Fsp3) is 0.957. The number of carbonyl (C=O) groups is 1. The monoisotopic (exact) mass is 407 g/mol. The fourth-order valence-corrected chi connectivity index (χ4v) is 5.83. The first-order chi connectivity index (χ1) is 14.0. The molecule has 0 unspecified atom stereocenters. The van der Waals surface area contributed by atoms with E-state index >= 15 is 0 Å². The van der Waals surface area contributed by atoms with E-state index in [1.54, 1.807) is 0 Å².